The standard InChI is InChI=1S/C19H22N4O2.2C2HF3O2/c24-18-14-25-19(15-23(18)13-16-5-1-3-9-20-16)7-11-22(12-8-19)17-6-2-4-10-21-17;2*3-2(4,5)1(6)7/h1-6,9-10H,7-8,11-15H2;2*(H,6,7). The normalized spacial score (nSPS) is 16.9. The van der Waals surface area contributed by atoms with E-state index in [-0.39, 0.29) is 18.1 Å². The number of pyridine rings is 2. The first-order valence-corrected chi connectivity index (χ1v) is 11.2. The van der Waals surface area contributed by atoms with Crippen molar-refractivity contribution >= 4 is 23.7 Å². The lowest BCUT2D eigenvalue weighted by Gasteiger charge is -2.47. The highest BCUT2D eigenvalue weighted by Gasteiger charge is 2.42. The number of nitrogens with zero attached hydrogens (tertiary/aromatic N) is 4. The van der Waals surface area contributed by atoms with E-state index in [1.807, 2.05) is 47.5 Å². The van der Waals surface area contributed by atoms with Gasteiger partial charge in [0.15, 0.2) is 0 Å². The van der Waals surface area contributed by atoms with Crippen molar-refractivity contribution in [3.05, 3.63) is 54.5 Å². The Bertz CT molecular complexity index is 1070. The highest BCUT2D eigenvalue weighted by Crippen LogP contribution is 2.32. The third-order valence-electron chi connectivity index (χ3n) is 5.55. The number of piperidine rings is 1. The third-order valence-corrected chi connectivity index (χ3v) is 5.55. The SMILES string of the molecule is O=C(O)C(F)(F)F.O=C(O)C(F)(F)F.O=C1COC2(CCN(c3ccccn3)CC2)CN1Cc1ccccn1. The van der Waals surface area contributed by atoms with Gasteiger partial charge in [0, 0.05) is 25.5 Å². The Morgan fingerprint density at radius 3 is 1.85 bits per heavy atom. The van der Waals surface area contributed by atoms with E-state index in [4.69, 9.17) is 24.5 Å². The van der Waals surface area contributed by atoms with E-state index in [9.17, 15) is 31.1 Å². The monoisotopic (exact) mass is 566 g/mol. The van der Waals surface area contributed by atoms with Crippen molar-refractivity contribution in [2.45, 2.75) is 37.3 Å². The fraction of sp³-hybridized carbons (Fsp3) is 0.435. The molecule has 0 saturated carbocycles. The lowest BCUT2D eigenvalue weighted by molar-refractivity contribution is -0.193. The molecule has 2 aliphatic rings. The third kappa shape index (κ3) is 10.0. The van der Waals surface area contributed by atoms with Crippen LogP contribution in [0.2, 0.25) is 0 Å². The van der Waals surface area contributed by atoms with E-state index in [1.165, 1.54) is 0 Å². The van der Waals surface area contributed by atoms with Gasteiger partial charge in [0.05, 0.1) is 24.4 Å². The molecule has 16 heteroatoms. The number of morpholine rings is 1. The summed E-state index contributed by atoms with van der Waals surface area (Å²) in [6.45, 7) is 3.13. The van der Waals surface area contributed by atoms with Gasteiger partial charge in [-0.05, 0) is 37.1 Å². The number of anilines is 1. The molecule has 39 heavy (non-hydrogen) atoms. The summed E-state index contributed by atoms with van der Waals surface area (Å²) < 4.78 is 69.5. The first-order chi connectivity index (χ1) is 18.1. The van der Waals surface area contributed by atoms with Gasteiger partial charge in [0.1, 0.15) is 12.4 Å². The summed E-state index contributed by atoms with van der Waals surface area (Å²) in [4.78, 5) is 43.0. The zero-order valence-electron chi connectivity index (χ0n) is 20.2. The second-order valence-corrected chi connectivity index (χ2v) is 8.32. The van der Waals surface area contributed by atoms with E-state index in [0.29, 0.717) is 13.1 Å². The predicted molar refractivity (Wildman–Crippen MR) is 121 cm³/mol. The number of aliphatic carboxylic acids is 2. The molecule has 2 saturated heterocycles. The molecule has 1 spiro atoms. The number of carbonyl (C=O) groups is 3. The van der Waals surface area contributed by atoms with Gasteiger partial charge in [0.2, 0.25) is 5.91 Å². The van der Waals surface area contributed by atoms with E-state index >= 15 is 0 Å². The molecular formula is C23H24F6N4O6. The number of amides is 1. The average molecular weight is 566 g/mol. The van der Waals surface area contributed by atoms with Gasteiger partial charge in [-0.1, -0.05) is 12.1 Å². The van der Waals surface area contributed by atoms with Crippen LogP contribution in [-0.2, 0) is 25.7 Å². The molecule has 10 nitrogen and oxygen atoms in total. The van der Waals surface area contributed by atoms with Crippen molar-refractivity contribution in [3.63, 3.8) is 0 Å². The minimum atomic E-state index is -5.08. The first-order valence-electron chi connectivity index (χ1n) is 11.2. The summed E-state index contributed by atoms with van der Waals surface area (Å²) >= 11 is 0. The van der Waals surface area contributed by atoms with E-state index in [2.05, 4.69) is 14.9 Å². The summed E-state index contributed by atoms with van der Waals surface area (Å²) in [7, 11) is 0. The summed E-state index contributed by atoms with van der Waals surface area (Å²) in [6.07, 6.45) is -4.78. The molecule has 0 bridgehead atoms. The molecule has 0 aliphatic carbocycles. The molecule has 2 aliphatic heterocycles. The van der Waals surface area contributed by atoms with Crippen LogP contribution < -0.4 is 4.90 Å². The minimum absolute atomic E-state index is 0.0448. The van der Waals surface area contributed by atoms with Crippen LogP contribution >= 0.6 is 0 Å². The number of hydrogen-bond donors (Lipinski definition) is 2. The lowest BCUT2D eigenvalue weighted by Crippen LogP contribution is -2.58. The number of carbonyl (C=O) groups excluding carboxylic acids is 1. The number of hydrogen-bond acceptors (Lipinski definition) is 7. The van der Waals surface area contributed by atoms with Crippen molar-refractivity contribution in [2.75, 3.05) is 31.1 Å². The van der Waals surface area contributed by atoms with Gasteiger partial charge in [-0.25, -0.2) is 14.6 Å². The van der Waals surface area contributed by atoms with Crippen LogP contribution in [0.4, 0.5) is 32.2 Å². The van der Waals surface area contributed by atoms with E-state index in [1.54, 1.807) is 6.20 Å². The quantitative estimate of drug-likeness (QED) is 0.538. The van der Waals surface area contributed by atoms with Crippen LogP contribution in [0.25, 0.3) is 0 Å². The van der Waals surface area contributed by atoms with Gasteiger partial charge in [-0.3, -0.25) is 9.78 Å². The second-order valence-electron chi connectivity index (χ2n) is 8.32. The second kappa shape index (κ2) is 13.2. The number of ether oxygens (including phenoxy) is 1. The average Bonchev–Trinajstić information content (AvgIpc) is 2.88. The number of carboxylic acid groups (broad SMARTS) is 2. The molecule has 2 N–H and O–H groups in total. The number of halogens is 6. The maximum Gasteiger partial charge on any atom is 0.490 e. The van der Waals surface area contributed by atoms with Crippen molar-refractivity contribution in [1.82, 2.24) is 14.9 Å². The van der Waals surface area contributed by atoms with E-state index in [0.717, 1.165) is 37.4 Å². The molecule has 2 aromatic heterocycles. The molecule has 4 heterocycles. The van der Waals surface area contributed by atoms with Crippen molar-refractivity contribution in [2.24, 2.45) is 0 Å². The molecule has 4 rings (SSSR count). The maximum atomic E-state index is 12.3. The topological polar surface area (TPSA) is 133 Å². The summed E-state index contributed by atoms with van der Waals surface area (Å²) in [5, 5.41) is 14.2. The Hall–Kier alpha value is -3.95. The number of aromatic nitrogens is 2. The Morgan fingerprint density at radius 1 is 0.897 bits per heavy atom. The minimum Gasteiger partial charge on any atom is -0.475 e. The number of alkyl halides is 6. The van der Waals surface area contributed by atoms with Gasteiger partial charge >= 0.3 is 24.3 Å². The molecule has 2 aromatic rings. The molecule has 1 amide bonds. The number of rotatable bonds is 3. The molecular weight excluding hydrogens is 542 g/mol. The molecule has 0 unspecified atom stereocenters. The molecule has 0 aromatic carbocycles. The number of carboxylic acids is 2. The highest BCUT2D eigenvalue weighted by atomic mass is 19.4. The Labute approximate surface area is 217 Å². The van der Waals surface area contributed by atoms with Crippen LogP contribution in [0, 0.1) is 0 Å². The van der Waals surface area contributed by atoms with Crippen molar-refractivity contribution in [3.8, 4) is 0 Å². The fourth-order valence-electron chi connectivity index (χ4n) is 3.61. The largest absolute Gasteiger partial charge is 0.490 e. The van der Waals surface area contributed by atoms with E-state index < -0.39 is 24.3 Å². The van der Waals surface area contributed by atoms with Crippen LogP contribution in [-0.4, -0.2) is 87.1 Å². The maximum absolute atomic E-state index is 12.3. The van der Waals surface area contributed by atoms with Crippen LogP contribution in [0.3, 0.4) is 0 Å². The lowest BCUT2D eigenvalue weighted by atomic mass is 9.89. The zero-order valence-corrected chi connectivity index (χ0v) is 20.2. The first kappa shape index (κ1) is 31.3. The Morgan fingerprint density at radius 2 is 1.41 bits per heavy atom. The highest BCUT2D eigenvalue weighted by molar-refractivity contribution is 5.78. The summed E-state index contributed by atoms with van der Waals surface area (Å²) in [6, 6.07) is 11.8. The molecule has 214 valence electrons. The molecule has 0 atom stereocenters. The fourth-order valence-corrected chi connectivity index (χ4v) is 3.61. The van der Waals surface area contributed by atoms with Gasteiger partial charge in [-0.2, -0.15) is 26.3 Å². The van der Waals surface area contributed by atoms with Crippen molar-refractivity contribution in [1.29, 1.82) is 0 Å². The Kier molecular flexibility index (Phi) is 10.6. The summed E-state index contributed by atoms with van der Waals surface area (Å²) in [5.74, 6) is -4.46. The van der Waals surface area contributed by atoms with Gasteiger partial charge < -0.3 is 24.7 Å². The smallest absolute Gasteiger partial charge is 0.475 e. The van der Waals surface area contributed by atoms with Crippen molar-refractivity contribution < 1.29 is 55.7 Å². The van der Waals surface area contributed by atoms with Crippen LogP contribution in [0.15, 0.2) is 48.8 Å². The van der Waals surface area contributed by atoms with Gasteiger partial charge in [0.25, 0.3) is 0 Å². The van der Waals surface area contributed by atoms with Crippen LogP contribution in [0.1, 0.15) is 18.5 Å². The Balaban J connectivity index is 0.000000317. The molecule has 0 radical (unpaired) electrons. The van der Waals surface area contributed by atoms with Gasteiger partial charge in [-0.15, -0.1) is 0 Å². The zero-order chi connectivity index (χ0) is 29.3. The predicted octanol–water partition coefficient (Wildman–Crippen LogP) is 3.14. The van der Waals surface area contributed by atoms with Crippen LogP contribution in [0.5, 0.6) is 0 Å². The summed E-state index contributed by atoms with van der Waals surface area (Å²) in [5.41, 5.74) is 0.673. The molecule has 2 fully saturated rings.